The number of carbonyl (C=O) groups is 1. The van der Waals surface area contributed by atoms with Crippen LogP contribution in [-0.4, -0.2) is 55.7 Å². The Balaban J connectivity index is 1.31. The van der Waals surface area contributed by atoms with Gasteiger partial charge in [0.2, 0.25) is 16.8 Å². The highest BCUT2D eigenvalue weighted by atomic mass is 32.2. The quantitative estimate of drug-likeness (QED) is 0.618. The molecule has 1 N–H and O–H groups in total. The van der Waals surface area contributed by atoms with Gasteiger partial charge >= 0.3 is 0 Å². The highest BCUT2D eigenvalue weighted by Gasteiger charge is 2.32. The number of hydrogen-bond donors (Lipinski definition) is 1. The zero-order valence-electron chi connectivity index (χ0n) is 17.4. The van der Waals surface area contributed by atoms with E-state index in [-0.39, 0.29) is 29.8 Å². The van der Waals surface area contributed by atoms with Crippen molar-refractivity contribution in [2.75, 3.05) is 25.2 Å². The number of amides is 1. The summed E-state index contributed by atoms with van der Waals surface area (Å²) in [4.78, 5) is 17.2. The second kappa shape index (κ2) is 8.00. The van der Waals surface area contributed by atoms with Crippen LogP contribution in [0.4, 0.5) is 5.13 Å². The lowest BCUT2D eigenvalue weighted by Crippen LogP contribution is -2.48. The van der Waals surface area contributed by atoms with E-state index in [1.807, 2.05) is 19.9 Å². The summed E-state index contributed by atoms with van der Waals surface area (Å²) in [5.74, 6) is 0.906. The van der Waals surface area contributed by atoms with E-state index in [0.717, 1.165) is 4.70 Å². The van der Waals surface area contributed by atoms with Crippen LogP contribution in [0.3, 0.4) is 0 Å². The van der Waals surface area contributed by atoms with Gasteiger partial charge in [0, 0.05) is 30.8 Å². The van der Waals surface area contributed by atoms with Gasteiger partial charge < -0.3 is 14.2 Å². The predicted molar refractivity (Wildman–Crippen MR) is 119 cm³/mol. The number of morpholine rings is 1. The molecule has 0 radical (unpaired) electrons. The molecule has 2 unspecified atom stereocenters. The van der Waals surface area contributed by atoms with Crippen molar-refractivity contribution in [3.8, 4) is 11.5 Å². The number of nitrogens with zero attached hydrogens (tertiary/aromatic N) is 2. The maximum atomic E-state index is 13.0. The first kappa shape index (κ1) is 21.1. The number of anilines is 1. The molecule has 0 aliphatic carbocycles. The van der Waals surface area contributed by atoms with E-state index in [0.29, 0.717) is 40.8 Å². The highest BCUT2D eigenvalue weighted by molar-refractivity contribution is 7.89. The summed E-state index contributed by atoms with van der Waals surface area (Å²) in [5, 5.41) is 3.20. The molecule has 0 spiro atoms. The van der Waals surface area contributed by atoms with Crippen LogP contribution in [0.15, 0.2) is 41.3 Å². The van der Waals surface area contributed by atoms with Crippen LogP contribution in [0.2, 0.25) is 0 Å². The molecule has 9 nitrogen and oxygen atoms in total. The van der Waals surface area contributed by atoms with Crippen molar-refractivity contribution in [1.29, 1.82) is 0 Å². The number of ether oxygens (including phenoxy) is 3. The monoisotopic (exact) mass is 475 g/mol. The fourth-order valence-corrected chi connectivity index (χ4v) is 6.26. The number of thiazole rings is 1. The van der Waals surface area contributed by atoms with Gasteiger partial charge in [-0.2, -0.15) is 4.31 Å². The SMILES string of the molecule is CC1CN(S(=O)(=O)c2ccc(C(=O)Nc3nc4cc5c(cc4s3)OCO5)cc2)CC(C)O1. The maximum Gasteiger partial charge on any atom is 0.257 e. The lowest BCUT2D eigenvalue weighted by molar-refractivity contribution is -0.0440. The molecule has 3 aromatic rings. The van der Waals surface area contributed by atoms with E-state index >= 15 is 0 Å². The molecule has 1 amide bonds. The third-order valence-electron chi connectivity index (χ3n) is 5.24. The first-order chi connectivity index (χ1) is 15.3. The first-order valence-corrected chi connectivity index (χ1v) is 12.3. The molecule has 1 aromatic heterocycles. The van der Waals surface area contributed by atoms with Crippen molar-refractivity contribution >= 4 is 42.6 Å². The fraction of sp³-hybridized carbons (Fsp3) is 0.333. The van der Waals surface area contributed by atoms with Gasteiger partial charge in [-0.15, -0.1) is 0 Å². The summed E-state index contributed by atoms with van der Waals surface area (Å²) in [5.41, 5.74) is 1.03. The van der Waals surface area contributed by atoms with E-state index in [4.69, 9.17) is 14.2 Å². The van der Waals surface area contributed by atoms with Crippen LogP contribution >= 0.6 is 11.3 Å². The Morgan fingerprint density at radius 3 is 2.44 bits per heavy atom. The molecular formula is C21H21N3O6S2. The van der Waals surface area contributed by atoms with E-state index in [9.17, 15) is 13.2 Å². The van der Waals surface area contributed by atoms with Gasteiger partial charge in [0.1, 0.15) is 0 Å². The number of rotatable bonds is 4. The maximum absolute atomic E-state index is 13.0. The van der Waals surface area contributed by atoms with Gasteiger partial charge in [-0.1, -0.05) is 11.3 Å². The molecule has 2 aromatic carbocycles. The largest absolute Gasteiger partial charge is 0.454 e. The summed E-state index contributed by atoms with van der Waals surface area (Å²) < 4.78 is 44.6. The second-order valence-electron chi connectivity index (χ2n) is 7.75. The zero-order valence-corrected chi connectivity index (χ0v) is 19.0. The standard InChI is InChI=1S/C21H21N3O6S2/c1-12-9-24(10-13(2)30-12)32(26,27)15-5-3-14(4-6-15)20(25)23-21-22-16-7-17-18(29-11-28-17)8-19(16)31-21/h3-8,12-13H,9-11H2,1-2H3,(H,22,23,25). The summed E-state index contributed by atoms with van der Waals surface area (Å²) in [6, 6.07) is 9.51. The molecule has 11 heteroatoms. The van der Waals surface area contributed by atoms with Gasteiger partial charge in [0.05, 0.1) is 27.3 Å². The molecule has 32 heavy (non-hydrogen) atoms. The molecule has 1 saturated heterocycles. The van der Waals surface area contributed by atoms with Crippen molar-refractivity contribution in [3.05, 3.63) is 42.0 Å². The topological polar surface area (TPSA) is 107 Å². The summed E-state index contributed by atoms with van der Waals surface area (Å²) >= 11 is 1.32. The normalized spacial score (nSPS) is 21.1. The average molecular weight is 476 g/mol. The summed E-state index contributed by atoms with van der Waals surface area (Å²) in [6.07, 6.45) is -0.349. The summed E-state index contributed by atoms with van der Waals surface area (Å²) in [7, 11) is -3.66. The molecule has 1 fully saturated rings. The number of benzene rings is 2. The number of nitrogens with one attached hydrogen (secondary N) is 1. The smallest absolute Gasteiger partial charge is 0.257 e. The van der Waals surface area contributed by atoms with Crippen molar-refractivity contribution in [1.82, 2.24) is 9.29 Å². The number of aromatic nitrogens is 1. The second-order valence-corrected chi connectivity index (χ2v) is 10.7. The van der Waals surface area contributed by atoms with E-state index in [2.05, 4.69) is 10.3 Å². The molecular weight excluding hydrogens is 454 g/mol. The Kier molecular flexibility index (Phi) is 5.28. The van der Waals surface area contributed by atoms with Crippen molar-refractivity contribution in [2.45, 2.75) is 31.0 Å². The van der Waals surface area contributed by atoms with Gasteiger partial charge in [0.15, 0.2) is 16.6 Å². The van der Waals surface area contributed by atoms with Crippen LogP contribution in [0.5, 0.6) is 11.5 Å². The minimum Gasteiger partial charge on any atom is -0.454 e. The van der Waals surface area contributed by atoms with Gasteiger partial charge in [-0.25, -0.2) is 13.4 Å². The zero-order chi connectivity index (χ0) is 22.5. The molecule has 2 aliphatic rings. The van der Waals surface area contributed by atoms with Crippen LogP contribution in [0, 0.1) is 0 Å². The number of hydrogen-bond acceptors (Lipinski definition) is 8. The van der Waals surface area contributed by atoms with Crippen LogP contribution in [0.25, 0.3) is 10.2 Å². The van der Waals surface area contributed by atoms with E-state index in [1.165, 1.54) is 39.9 Å². The summed E-state index contributed by atoms with van der Waals surface area (Å²) in [6.45, 7) is 4.48. The Morgan fingerprint density at radius 1 is 1.09 bits per heavy atom. The lowest BCUT2D eigenvalue weighted by Gasteiger charge is -2.34. The minimum absolute atomic E-state index is 0.143. The third kappa shape index (κ3) is 3.92. The molecule has 0 bridgehead atoms. The van der Waals surface area contributed by atoms with Gasteiger partial charge in [0.25, 0.3) is 5.91 Å². The number of sulfonamides is 1. The Hall–Kier alpha value is -2.73. The van der Waals surface area contributed by atoms with Crippen LogP contribution in [0.1, 0.15) is 24.2 Å². The minimum atomic E-state index is -3.66. The van der Waals surface area contributed by atoms with E-state index < -0.39 is 10.0 Å². The third-order valence-corrected chi connectivity index (χ3v) is 8.02. The highest BCUT2D eigenvalue weighted by Crippen LogP contribution is 2.39. The van der Waals surface area contributed by atoms with Crippen molar-refractivity contribution < 1.29 is 27.4 Å². The molecule has 5 rings (SSSR count). The van der Waals surface area contributed by atoms with E-state index in [1.54, 1.807) is 6.07 Å². The van der Waals surface area contributed by atoms with Crippen LogP contribution < -0.4 is 14.8 Å². The molecule has 2 aliphatic heterocycles. The first-order valence-electron chi connectivity index (χ1n) is 10.1. The van der Waals surface area contributed by atoms with Gasteiger partial charge in [-0.05, 0) is 38.1 Å². The Bertz CT molecular complexity index is 1240. The van der Waals surface area contributed by atoms with Gasteiger partial charge in [-0.3, -0.25) is 10.1 Å². The molecule has 0 saturated carbocycles. The molecule has 168 valence electrons. The molecule has 2 atom stereocenters. The number of carbonyl (C=O) groups excluding carboxylic acids is 1. The lowest BCUT2D eigenvalue weighted by atomic mass is 10.2. The van der Waals surface area contributed by atoms with Crippen molar-refractivity contribution in [3.63, 3.8) is 0 Å². The van der Waals surface area contributed by atoms with Crippen molar-refractivity contribution in [2.24, 2.45) is 0 Å². The fourth-order valence-electron chi connectivity index (χ4n) is 3.80. The Morgan fingerprint density at radius 2 is 1.75 bits per heavy atom. The average Bonchev–Trinajstić information content (AvgIpc) is 3.36. The Labute approximate surface area is 189 Å². The van der Waals surface area contributed by atoms with Crippen LogP contribution in [-0.2, 0) is 14.8 Å². The molecule has 3 heterocycles. The predicted octanol–water partition coefficient (Wildman–Crippen LogP) is 3.08. The number of fused-ring (bicyclic) bond motifs is 2.